The summed E-state index contributed by atoms with van der Waals surface area (Å²) in [6.45, 7) is 6.56. The third kappa shape index (κ3) is 11.2. The fourth-order valence-corrected chi connectivity index (χ4v) is 2.82. The Morgan fingerprint density at radius 3 is 2.28 bits per heavy atom. The molecule has 1 atom stereocenters. The molecule has 0 spiro atoms. The van der Waals surface area contributed by atoms with Crippen LogP contribution < -0.4 is 15.4 Å². The van der Waals surface area contributed by atoms with E-state index in [1.165, 1.54) is 6.26 Å². The van der Waals surface area contributed by atoms with Crippen LogP contribution in [0.15, 0.2) is 29.3 Å². The van der Waals surface area contributed by atoms with Crippen molar-refractivity contribution in [3.8, 4) is 5.75 Å². The maximum atomic E-state index is 11.2. The van der Waals surface area contributed by atoms with Crippen molar-refractivity contribution in [2.45, 2.75) is 45.9 Å². The molecule has 0 saturated carbocycles. The van der Waals surface area contributed by atoms with Gasteiger partial charge in [0.15, 0.2) is 5.96 Å². The zero-order valence-electron chi connectivity index (χ0n) is 15.6. The highest BCUT2D eigenvalue weighted by Gasteiger charge is 2.09. The van der Waals surface area contributed by atoms with Crippen molar-refractivity contribution >= 4 is 39.8 Å². The summed E-state index contributed by atoms with van der Waals surface area (Å²) in [7, 11) is -1.25. The van der Waals surface area contributed by atoms with E-state index in [1.807, 2.05) is 45.0 Å². The first-order valence-electron chi connectivity index (χ1n) is 8.10. The smallest absolute Gasteiger partial charge is 0.191 e. The topological polar surface area (TPSA) is 79.8 Å². The zero-order chi connectivity index (χ0) is 18.2. The van der Waals surface area contributed by atoms with E-state index in [0.717, 1.165) is 11.3 Å². The second-order valence-corrected chi connectivity index (χ2v) is 8.46. The molecule has 0 aliphatic heterocycles. The molecule has 144 valence electrons. The van der Waals surface area contributed by atoms with Gasteiger partial charge in [-0.25, -0.2) is 8.42 Å². The zero-order valence-corrected chi connectivity index (χ0v) is 18.7. The lowest BCUT2D eigenvalue weighted by molar-refractivity contribution is 0.242. The summed E-state index contributed by atoms with van der Waals surface area (Å²) >= 11 is 0. The highest BCUT2D eigenvalue weighted by atomic mass is 127. The summed E-state index contributed by atoms with van der Waals surface area (Å²) in [5.74, 6) is 1.67. The predicted molar refractivity (Wildman–Crippen MR) is 115 cm³/mol. The predicted octanol–water partition coefficient (Wildman–Crippen LogP) is 2.58. The number of sulfone groups is 1. The monoisotopic (exact) mass is 483 g/mol. The highest BCUT2D eigenvalue weighted by molar-refractivity contribution is 14.0. The third-order valence-corrected chi connectivity index (χ3v) is 4.26. The highest BCUT2D eigenvalue weighted by Crippen LogP contribution is 2.13. The number of rotatable bonds is 8. The van der Waals surface area contributed by atoms with Crippen LogP contribution in [-0.4, -0.2) is 45.6 Å². The fraction of sp³-hybridized carbons (Fsp3) is 0.588. The molecule has 0 aliphatic carbocycles. The molecule has 25 heavy (non-hydrogen) atoms. The molecule has 0 aliphatic rings. The van der Waals surface area contributed by atoms with Gasteiger partial charge in [-0.2, -0.15) is 0 Å². The molecule has 1 rings (SSSR count). The van der Waals surface area contributed by atoms with Gasteiger partial charge in [-0.05, 0) is 44.9 Å². The van der Waals surface area contributed by atoms with Crippen molar-refractivity contribution in [1.82, 2.24) is 10.6 Å². The SMILES string of the molecule is CN=C(NCc1ccc(OC(C)C)cc1)NC(C)CCS(C)(=O)=O.I. The number of hydrogen-bond donors (Lipinski definition) is 2. The molecule has 1 aromatic rings. The van der Waals surface area contributed by atoms with E-state index in [0.29, 0.717) is 18.9 Å². The van der Waals surface area contributed by atoms with E-state index < -0.39 is 9.84 Å². The van der Waals surface area contributed by atoms with Crippen LogP contribution in [0.5, 0.6) is 5.75 Å². The first-order chi connectivity index (χ1) is 11.2. The summed E-state index contributed by atoms with van der Waals surface area (Å²) in [5.41, 5.74) is 1.11. The second-order valence-electron chi connectivity index (χ2n) is 6.20. The Hall–Kier alpha value is -1.03. The van der Waals surface area contributed by atoms with E-state index in [4.69, 9.17) is 4.74 Å². The Balaban J connectivity index is 0.00000576. The molecule has 6 nitrogen and oxygen atoms in total. The Kier molecular flexibility index (Phi) is 11.1. The lowest BCUT2D eigenvalue weighted by Gasteiger charge is -2.18. The lowest BCUT2D eigenvalue weighted by Crippen LogP contribution is -2.42. The number of hydrogen-bond acceptors (Lipinski definition) is 4. The van der Waals surface area contributed by atoms with E-state index >= 15 is 0 Å². The molecule has 0 amide bonds. The standard InChI is InChI=1S/C17H29N3O3S.HI/c1-13(2)23-16-8-6-15(7-9-16)12-19-17(18-4)20-14(3)10-11-24(5,21)22;/h6-9,13-14H,10-12H2,1-5H3,(H2,18,19,20);1H. The van der Waals surface area contributed by atoms with Crippen molar-refractivity contribution < 1.29 is 13.2 Å². The molecule has 0 radical (unpaired) electrons. The van der Waals surface area contributed by atoms with Crippen LogP contribution in [0.25, 0.3) is 0 Å². The molecule has 0 aromatic heterocycles. The summed E-state index contributed by atoms with van der Waals surface area (Å²) in [4.78, 5) is 4.16. The lowest BCUT2D eigenvalue weighted by atomic mass is 10.2. The molecule has 0 heterocycles. The van der Waals surface area contributed by atoms with Crippen LogP contribution in [-0.2, 0) is 16.4 Å². The van der Waals surface area contributed by atoms with Gasteiger partial charge in [0.25, 0.3) is 0 Å². The van der Waals surface area contributed by atoms with Crippen LogP contribution in [0.4, 0.5) is 0 Å². The number of aliphatic imine (C=N–C) groups is 1. The Bertz CT molecular complexity index is 631. The minimum Gasteiger partial charge on any atom is -0.491 e. The largest absolute Gasteiger partial charge is 0.491 e. The number of ether oxygens (including phenoxy) is 1. The van der Waals surface area contributed by atoms with E-state index in [1.54, 1.807) is 7.05 Å². The Morgan fingerprint density at radius 1 is 1.20 bits per heavy atom. The average molecular weight is 483 g/mol. The molecule has 0 bridgehead atoms. The van der Waals surface area contributed by atoms with Crippen LogP contribution in [0, 0.1) is 0 Å². The molecule has 1 aromatic carbocycles. The van der Waals surface area contributed by atoms with Gasteiger partial charge in [-0.1, -0.05) is 12.1 Å². The Morgan fingerprint density at radius 2 is 1.80 bits per heavy atom. The number of benzene rings is 1. The summed E-state index contributed by atoms with van der Waals surface area (Å²) in [6, 6.07) is 7.92. The van der Waals surface area contributed by atoms with Gasteiger partial charge < -0.3 is 15.4 Å². The van der Waals surface area contributed by atoms with Crippen LogP contribution in [0.2, 0.25) is 0 Å². The number of nitrogens with one attached hydrogen (secondary N) is 2. The van der Waals surface area contributed by atoms with Crippen LogP contribution >= 0.6 is 24.0 Å². The Labute approximate surface area is 168 Å². The van der Waals surface area contributed by atoms with Crippen molar-refractivity contribution in [1.29, 1.82) is 0 Å². The average Bonchev–Trinajstić information content (AvgIpc) is 2.49. The number of guanidine groups is 1. The minimum absolute atomic E-state index is 0. The molecule has 0 fully saturated rings. The first kappa shape index (κ1) is 24.0. The maximum Gasteiger partial charge on any atom is 0.191 e. The molecule has 0 saturated heterocycles. The van der Waals surface area contributed by atoms with Gasteiger partial charge in [0.1, 0.15) is 15.6 Å². The van der Waals surface area contributed by atoms with Gasteiger partial charge >= 0.3 is 0 Å². The maximum absolute atomic E-state index is 11.2. The summed E-state index contributed by atoms with van der Waals surface area (Å²) < 4.78 is 28.0. The van der Waals surface area contributed by atoms with Gasteiger partial charge in [-0.3, -0.25) is 4.99 Å². The van der Waals surface area contributed by atoms with Crippen LogP contribution in [0.1, 0.15) is 32.8 Å². The minimum atomic E-state index is -2.94. The molecule has 8 heteroatoms. The van der Waals surface area contributed by atoms with E-state index in [9.17, 15) is 8.42 Å². The van der Waals surface area contributed by atoms with E-state index in [2.05, 4.69) is 15.6 Å². The molecular formula is C17H30IN3O3S. The van der Waals surface area contributed by atoms with Crippen molar-refractivity contribution in [3.05, 3.63) is 29.8 Å². The van der Waals surface area contributed by atoms with Gasteiger partial charge in [0.05, 0.1) is 11.9 Å². The van der Waals surface area contributed by atoms with Gasteiger partial charge in [0.2, 0.25) is 0 Å². The fourth-order valence-electron chi connectivity index (χ4n) is 2.03. The van der Waals surface area contributed by atoms with Gasteiger partial charge in [-0.15, -0.1) is 24.0 Å². The quantitative estimate of drug-likeness (QED) is 0.338. The van der Waals surface area contributed by atoms with Crippen molar-refractivity contribution in [2.75, 3.05) is 19.1 Å². The number of halogens is 1. The normalized spacial score (nSPS) is 13.1. The summed E-state index contributed by atoms with van der Waals surface area (Å²) in [5, 5.41) is 6.42. The summed E-state index contributed by atoms with van der Waals surface area (Å²) in [6.07, 6.45) is 1.95. The van der Waals surface area contributed by atoms with Crippen molar-refractivity contribution in [2.24, 2.45) is 4.99 Å². The molecule has 2 N–H and O–H groups in total. The van der Waals surface area contributed by atoms with Gasteiger partial charge in [0, 0.05) is 25.9 Å². The molecular weight excluding hydrogens is 453 g/mol. The first-order valence-corrected chi connectivity index (χ1v) is 10.2. The number of nitrogens with zero attached hydrogens (tertiary/aromatic N) is 1. The van der Waals surface area contributed by atoms with Crippen LogP contribution in [0.3, 0.4) is 0 Å². The third-order valence-electron chi connectivity index (χ3n) is 3.28. The van der Waals surface area contributed by atoms with Crippen molar-refractivity contribution in [3.63, 3.8) is 0 Å². The second kappa shape index (κ2) is 11.6. The van der Waals surface area contributed by atoms with E-state index in [-0.39, 0.29) is 41.9 Å². The molecule has 1 unspecified atom stereocenters.